The van der Waals surface area contributed by atoms with Gasteiger partial charge in [0.1, 0.15) is 11.4 Å². The molecule has 1 aromatic rings. The third-order valence-corrected chi connectivity index (χ3v) is 4.66. The number of hydrogen-bond acceptors (Lipinski definition) is 5. The number of hydrogen-bond donors (Lipinski definition) is 0. The minimum Gasteiger partial charge on any atom is -0.497 e. The Kier molecular flexibility index (Phi) is 4.34. The molecule has 0 N–H and O–H groups in total. The van der Waals surface area contributed by atoms with Gasteiger partial charge in [0.05, 0.1) is 13.7 Å². The Morgan fingerprint density at radius 1 is 1.26 bits per heavy atom. The van der Waals surface area contributed by atoms with Crippen LogP contribution < -0.4 is 4.74 Å². The van der Waals surface area contributed by atoms with Crippen molar-refractivity contribution in [2.45, 2.75) is 50.7 Å². The summed E-state index contributed by atoms with van der Waals surface area (Å²) in [5, 5.41) is 0. The first kappa shape index (κ1) is 16.3. The minimum absolute atomic E-state index is 0.351. The highest BCUT2D eigenvalue weighted by molar-refractivity contribution is 5.79. The van der Waals surface area contributed by atoms with Crippen LogP contribution in [0.1, 0.15) is 45.1 Å². The molecule has 1 saturated carbocycles. The Morgan fingerprint density at radius 3 is 2.52 bits per heavy atom. The fraction of sp³-hybridized carbons (Fsp3) is 0.611. The first-order chi connectivity index (χ1) is 11.0. The summed E-state index contributed by atoms with van der Waals surface area (Å²) in [7, 11) is 1.64. The standard InChI is InChI=1S/C18H24O5/c1-4-11-21-16(19)17(2)12-18(23-22-17,13-5-6-13)14-7-9-15(20-3)10-8-14/h7-10,13H,4-6,11-12H2,1-3H3. The van der Waals surface area contributed by atoms with Crippen molar-refractivity contribution in [3.63, 3.8) is 0 Å². The molecular weight excluding hydrogens is 296 g/mol. The van der Waals surface area contributed by atoms with Crippen molar-refractivity contribution in [2.75, 3.05) is 13.7 Å². The quantitative estimate of drug-likeness (QED) is 0.594. The van der Waals surface area contributed by atoms with Gasteiger partial charge in [0.2, 0.25) is 5.60 Å². The highest BCUT2D eigenvalue weighted by Gasteiger charge is 2.61. The van der Waals surface area contributed by atoms with E-state index in [0.29, 0.717) is 18.9 Å². The molecule has 0 bridgehead atoms. The number of carbonyl (C=O) groups is 1. The van der Waals surface area contributed by atoms with E-state index in [9.17, 15) is 4.79 Å². The van der Waals surface area contributed by atoms with Gasteiger partial charge in [-0.1, -0.05) is 19.1 Å². The van der Waals surface area contributed by atoms with Crippen molar-refractivity contribution in [3.05, 3.63) is 29.8 Å². The molecule has 5 nitrogen and oxygen atoms in total. The van der Waals surface area contributed by atoms with Gasteiger partial charge in [-0.25, -0.2) is 14.6 Å². The second-order valence-electron chi connectivity index (χ2n) is 6.60. The number of ether oxygens (including phenoxy) is 2. The van der Waals surface area contributed by atoms with E-state index in [0.717, 1.165) is 30.6 Å². The summed E-state index contributed by atoms with van der Waals surface area (Å²) in [5.74, 6) is 0.816. The van der Waals surface area contributed by atoms with Crippen LogP contribution in [0, 0.1) is 5.92 Å². The molecule has 3 rings (SSSR count). The van der Waals surface area contributed by atoms with E-state index < -0.39 is 11.2 Å². The third kappa shape index (κ3) is 2.95. The van der Waals surface area contributed by atoms with Crippen LogP contribution in [0.15, 0.2) is 24.3 Å². The van der Waals surface area contributed by atoms with E-state index in [2.05, 4.69) is 0 Å². The molecule has 1 saturated heterocycles. The van der Waals surface area contributed by atoms with Gasteiger partial charge in [-0.15, -0.1) is 0 Å². The molecule has 2 unspecified atom stereocenters. The maximum atomic E-state index is 12.3. The van der Waals surface area contributed by atoms with Crippen LogP contribution in [-0.2, 0) is 24.9 Å². The van der Waals surface area contributed by atoms with E-state index in [4.69, 9.17) is 19.2 Å². The molecule has 1 aliphatic carbocycles. The van der Waals surface area contributed by atoms with Crippen molar-refractivity contribution in [1.29, 1.82) is 0 Å². The molecule has 1 aliphatic heterocycles. The summed E-state index contributed by atoms with van der Waals surface area (Å²) in [5.41, 5.74) is -0.614. The van der Waals surface area contributed by atoms with E-state index >= 15 is 0 Å². The first-order valence-electron chi connectivity index (χ1n) is 8.22. The summed E-state index contributed by atoms with van der Waals surface area (Å²) < 4.78 is 10.5. The smallest absolute Gasteiger partial charge is 0.341 e. The number of esters is 1. The Bertz CT molecular complexity index is 565. The molecule has 5 heteroatoms. The molecular formula is C18H24O5. The van der Waals surface area contributed by atoms with Gasteiger partial charge in [0.15, 0.2) is 0 Å². The van der Waals surface area contributed by atoms with Gasteiger partial charge in [0, 0.05) is 6.42 Å². The monoisotopic (exact) mass is 320 g/mol. The van der Waals surface area contributed by atoms with Crippen LogP contribution in [0.4, 0.5) is 0 Å². The maximum absolute atomic E-state index is 12.3. The lowest BCUT2D eigenvalue weighted by Crippen LogP contribution is -2.38. The predicted molar refractivity (Wildman–Crippen MR) is 83.8 cm³/mol. The topological polar surface area (TPSA) is 54.0 Å². The van der Waals surface area contributed by atoms with E-state index in [-0.39, 0.29) is 5.97 Å². The molecule has 1 heterocycles. The Hall–Kier alpha value is -1.59. The molecule has 0 spiro atoms. The van der Waals surface area contributed by atoms with Crippen LogP contribution >= 0.6 is 0 Å². The fourth-order valence-electron chi connectivity index (χ4n) is 3.20. The highest BCUT2D eigenvalue weighted by Crippen LogP contribution is 2.56. The normalized spacial score (nSPS) is 30.2. The highest BCUT2D eigenvalue weighted by atomic mass is 17.2. The Balaban J connectivity index is 1.84. The van der Waals surface area contributed by atoms with Gasteiger partial charge in [-0.2, -0.15) is 0 Å². The molecule has 0 amide bonds. The van der Waals surface area contributed by atoms with E-state index in [1.54, 1.807) is 14.0 Å². The van der Waals surface area contributed by atoms with Crippen molar-refractivity contribution < 1.29 is 24.0 Å². The summed E-state index contributed by atoms with van der Waals surface area (Å²) >= 11 is 0. The molecule has 2 aliphatic rings. The average Bonchev–Trinajstić information content (AvgIpc) is 3.37. The molecule has 2 atom stereocenters. The zero-order valence-corrected chi connectivity index (χ0v) is 14.0. The molecule has 0 radical (unpaired) electrons. The van der Waals surface area contributed by atoms with Gasteiger partial charge in [0.25, 0.3) is 0 Å². The van der Waals surface area contributed by atoms with Crippen molar-refractivity contribution in [1.82, 2.24) is 0 Å². The minimum atomic E-state index is -1.06. The predicted octanol–water partition coefficient (Wildman–Crippen LogP) is 3.36. The SMILES string of the molecule is CCCOC(=O)C1(C)CC(c2ccc(OC)cc2)(C2CC2)OO1. The second kappa shape index (κ2) is 6.13. The lowest BCUT2D eigenvalue weighted by Gasteiger charge is -2.27. The number of methoxy groups -OCH3 is 1. The zero-order valence-electron chi connectivity index (χ0n) is 14.0. The van der Waals surface area contributed by atoms with Crippen LogP contribution in [-0.4, -0.2) is 25.3 Å². The molecule has 126 valence electrons. The van der Waals surface area contributed by atoms with Crippen LogP contribution in [0.3, 0.4) is 0 Å². The summed E-state index contributed by atoms with van der Waals surface area (Å²) in [6.45, 7) is 4.11. The van der Waals surface area contributed by atoms with Crippen LogP contribution in [0.2, 0.25) is 0 Å². The first-order valence-corrected chi connectivity index (χ1v) is 8.22. The van der Waals surface area contributed by atoms with Crippen molar-refractivity contribution >= 4 is 5.97 Å². The summed E-state index contributed by atoms with van der Waals surface area (Å²) in [4.78, 5) is 23.7. The maximum Gasteiger partial charge on any atom is 0.341 e. The largest absolute Gasteiger partial charge is 0.497 e. The number of carbonyl (C=O) groups excluding carboxylic acids is 1. The summed E-state index contributed by atoms with van der Waals surface area (Å²) in [6, 6.07) is 7.80. The third-order valence-electron chi connectivity index (χ3n) is 4.66. The van der Waals surface area contributed by atoms with E-state index in [1.807, 2.05) is 31.2 Å². The number of rotatable bonds is 6. The molecule has 0 aromatic heterocycles. The van der Waals surface area contributed by atoms with Crippen molar-refractivity contribution in [2.24, 2.45) is 5.92 Å². The van der Waals surface area contributed by atoms with Crippen LogP contribution in [0.5, 0.6) is 5.75 Å². The molecule has 23 heavy (non-hydrogen) atoms. The molecule has 1 aromatic carbocycles. The van der Waals surface area contributed by atoms with Crippen molar-refractivity contribution in [3.8, 4) is 5.75 Å². The molecule has 2 fully saturated rings. The fourth-order valence-corrected chi connectivity index (χ4v) is 3.20. The lowest BCUT2D eigenvalue weighted by molar-refractivity contribution is -0.351. The second-order valence-corrected chi connectivity index (χ2v) is 6.60. The van der Waals surface area contributed by atoms with E-state index in [1.165, 1.54) is 0 Å². The Morgan fingerprint density at radius 2 is 1.96 bits per heavy atom. The van der Waals surface area contributed by atoms with Gasteiger partial charge >= 0.3 is 5.97 Å². The van der Waals surface area contributed by atoms with Gasteiger partial charge < -0.3 is 9.47 Å². The summed E-state index contributed by atoms with van der Waals surface area (Å²) in [6.07, 6.45) is 3.42. The van der Waals surface area contributed by atoms with Crippen LogP contribution in [0.25, 0.3) is 0 Å². The van der Waals surface area contributed by atoms with Gasteiger partial charge in [-0.05, 0) is 49.8 Å². The zero-order chi connectivity index (χ0) is 16.5. The number of benzene rings is 1. The lowest BCUT2D eigenvalue weighted by atomic mass is 9.80. The Labute approximate surface area is 136 Å². The average molecular weight is 320 g/mol. The van der Waals surface area contributed by atoms with Gasteiger partial charge in [-0.3, -0.25) is 0 Å².